The van der Waals surface area contributed by atoms with Crippen molar-refractivity contribution in [2.24, 2.45) is 0 Å². The summed E-state index contributed by atoms with van der Waals surface area (Å²) in [6.07, 6.45) is 6.26. The lowest BCUT2D eigenvalue weighted by Crippen LogP contribution is -1.69. The van der Waals surface area contributed by atoms with Gasteiger partial charge in [-0.25, -0.2) is 0 Å². The SMILES string of the molecule is CC/C=C\C(=C/Cl)CC. The number of allylic oxidation sites excluding steroid dienone is 3. The molecule has 0 fully saturated rings. The topological polar surface area (TPSA) is 0 Å². The molecule has 0 saturated carbocycles. The van der Waals surface area contributed by atoms with Gasteiger partial charge < -0.3 is 0 Å². The lowest BCUT2D eigenvalue weighted by Gasteiger charge is -1.90. The standard InChI is InChI=1S/C8H13Cl/c1-3-5-6-8(4-2)7-9/h5-7H,3-4H2,1-2H3/b6-5-,8-7-. The van der Waals surface area contributed by atoms with Crippen molar-refractivity contribution in [1.29, 1.82) is 0 Å². The van der Waals surface area contributed by atoms with E-state index in [0.29, 0.717) is 0 Å². The third-order valence-electron chi connectivity index (χ3n) is 1.12. The van der Waals surface area contributed by atoms with Crippen molar-refractivity contribution in [3.63, 3.8) is 0 Å². The molecular weight excluding hydrogens is 132 g/mol. The van der Waals surface area contributed by atoms with Crippen LogP contribution in [0.5, 0.6) is 0 Å². The molecule has 0 spiro atoms. The molecule has 0 radical (unpaired) electrons. The molecule has 0 nitrogen and oxygen atoms in total. The summed E-state index contributed by atoms with van der Waals surface area (Å²) < 4.78 is 0. The molecule has 0 saturated heterocycles. The first kappa shape index (κ1) is 8.77. The van der Waals surface area contributed by atoms with Crippen LogP contribution in [0, 0.1) is 0 Å². The molecule has 0 bridgehead atoms. The van der Waals surface area contributed by atoms with E-state index >= 15 is 0 Å². The smallest absolute Gasteiger partial charge is 0.00743 e. The summed E-state index contributed by atoms with van der Waals surface area (Å²) in [6.45, 7) is 4.20. The highest BCUT2D eigenvalue weighted by Crippen LogP contribution is 2.04. The van der Waals surface area contributed by atoms with Gasteiger partial charge in [0.2, 0.25) is 0 Å². The molecule has 0 atom stereocenters. The van der Waals surface area contributed by atoms with Gasteiger partial charge in [0.05, 0.1) is 0 Å². The van der Waals surface area contributed by atoms with Gasteiger partial charge in [-0.15, -0.1) is 0 Å². The van der Waals surface area contributed by atoms with Gasteiger partial charge in [-0.1, -0.05) is 37.6 Å². The summed E-state index contributed by atoms with van der Waals surface area (Å²) in [5.41, 5.74) is 2.82. The van der Waals surface area contributed by atoms with E-state index in [9.17, 15) is 0 Å². The minimum atomic E-state index is 1.01. The number of rotatable bonds is 3. The second-order valence-corrected chi connectivity index (χ2v) is 2.07. The van der Waals surface area contributed by atoms with Crippen molar-refractivity contribution in [2.45, 2.75) is 26.7 Å². The van der Waals surface area contributed by atoms with E-state index in [-0.39, 0.29) is 0 Å². The average Bonchev–Trinajstić information content (AvgIpc) is 1.91. The predicted octanol–water partition coefficient (Wildman–Crippen LogP) is 3.49. The first-order valence-corrected chi connectivity index (χ1v) is 3.74. The Hall–Kier alpha value is -0.230. The molecule has 0 aliphatic carbocycles. The fourth-order valence-corrected chi connectivity index (χ4v) is 0.728. The Balaban J connectivity index is 3.70. The number of hydrogen-bond acceptors (Lipinski definition) is 0. The van der Waals surface area contributed by atoms with Crippen LogP contribution in [-0.4, -0.2) is 0 Å². The van der Waals surface area contributed by atoms with E-state index in [0.717, 1.165) is 12.8 Å². The third kappa shape index (κ3) is 4.28. The van der Waals surface area contributed by atoms with Crippen LogP contribution in [0.25, 0.3) is 0 Å². The normalized spacial score (nSPS) is 13.0. The van der Waals surface area contributed by atoms with Gasteiger partial charge in [-0.2, -0.15) is 0 Å². The highest BCUT2D eigenvalue weighted by atomic mass is 35.5. The second kappa shape index (κ2) is 5.90. The van der Waals surface area contributed by atoms with Gasteiger partial charge in [0.15, 0.2) is 0 Å². The van der Waals surface area contributed by atoms with Crippen LogP contribution in [0.2, 0.25) is 0 Å². The van der Waals surface area contributed by atoms with Crippen LogP contribution >= 0.6 is 11.6 Å². The molecule has 0 aliphatic heterocycles. The van der Waals surface area contributed by atoms with Crippen molar-refractivity contribution in [2.75, 3.05) is 0 Å². The van der Waals surface area contributed by atoms with Gasteiger partial charge in [-0.05, 0) is 18.4 Å². The van der Waals surface area contributed by atoms with Crippen molar-refractivity contribution >= 4 is 11.6 Å². The van der Waals surface area contributed by atoms with Crippen molar-refractivity contribution in [3.05, 3.63) is 23.3 Å². The molecule has 0 amide bonds. The molecule has 0 aromatic carbocycles. The van der Waals surface area contributed by atoms with Crippen LogP contribution < -0.4 is 0 Å². The number of halogens is 1. The van der Waals surface area contributed by atoms with E-state index in [1.165, 1.54) is 5.57 Å². The summed E-state index contributed by atoms with van der Waals surface area (Å²) in [5, 5.41) is 0. The molecular formula is C8H13Cl. The van der Waals surface area contributed by atoms with Gasteiger partial charge in [0, 0.05) is 5.54 Å². The minimum Gasteiger partial charge on any atom is -0.0927 e. The van der Waals surface area contributed by atoms with Gasteiger partial charge >= 0.3 is 0 Å². The quantitative estimate of drug-likeness (QED) is 0.532. The molecule has 0 aliphatic rings. The van der Waals surface area contributed by atoms with Crippen molar-refractivity contribution in [3.8, 4) is 0 Å². The zero-order chi connectivity index (χ0) is 7.11. The Morgan fingerprint density at radius 3 is 2.44 bits per heavy atom. The Labute approximate surface area is 62.2 Å². The first-order chi connectivity index (χ1) is 4.35. The molecule has 0 aromatic heterocycles. The molecule has 0 N–H and O–H groups in total. The highest BCUT2D eigenvalue weighted by Gasteiger charge is 1.82. The highest BCUT2D eigenvalue weighted by molar-refractivity contribution is 6.25. The first-order valence-electron chi connectivity index (χ1n) is 3.30. The van der Waals surface area contributed by atoms with Gasteiger partial charge in [0.1, 0.15) is 0 Å². The zero-order valence-corrected chi connectivity index (χ0v) is 6.78. The lowest BCUT2D eigenvalue weighted by atomic mass is 10.2. The molecule has 0 rings (SSSR count). The molecule has 0 unspecified atom stereocenters. The summed E-state index contributed by atoms with van der Waals surface area (Å²) in [7, 11) is 0. The maximum absolute atomic E-state index is 5.49. The van der Waals surface area contributed by atoms with Crippen LogP contribution in [0.3, 0.4) is 0 Å². The summed E-state index contributed by atoms with van der Waals surface area (Å²) in [6, 6.07) is 0. The predicted molar refractivity (Wildman–Crippen MR) is 43.7 cm³/mol. The van der Waals surface area contributed by atoms with Crippen LogP contribution in [0.15, 0.2) is 23.3 Å². The molecule has 0 aromatic rings. The van der Waals surface area contributed by atoms with Crippen molar-refractivity contribution in [1.82, 2.24) is 0 Å². The minimum absolute atomic E-state index is 1.01. The Kier molecular flexibility index (Phi) is 5.75. The van der Waals surface area contributed by atoms with E-state index in [2.05, 4.69) is 26.0 Å². The van der Waals surface area contributed by atoms with Crippen LogP contribution in [0.1, 0.15) is 26.7 Å². The Morgan fingerprint density at radius 2 is 2.11 bits per heavy atom. The van der Waals surface area contributed by atoms with E-state index in [1.807, 2.05) is 0 Å². The van der Waals surface area contributed by atoms with Crippen LogP contribution in [0.4, 0.5) is 0 Å². The Morgan fingerprint density at radius 1 is 1.44 bits per heavy atom. The lowest BCUT2D eigenvalue weighted by molar-refractivity contribution is 1.14. The summed E-state index contributed by atoms with van der Waals surface area (Å²) in [5.74, 6) is 0. The molecule has 9 heavy (non-hydrogen) atoms. The van der Waals surface area contributed by atoms with Crippen molar-refractivity contribution < 1.29 is 0 Å². The molecule has 1 heteroatoms. The average molecular weight is 145 g/mol. The fourth-order valence-electron chi connectivity index (χ4n) is 0.501. The zero-order valence-electron chi connectivity index (χ0n) is 6.02. The maximum atomic E-state index is 5.49. The number of hydrogen-bond donors (Lipinski definition) is 0. The second-order valence-electron chi connectivity index (χ2n) is 1.85. The Bertz CT molecular complexity index is 112. The monoisotopic (exact) mass is 144 g/mol. The fraction of sp³-hybridized carbons (Fsp3) is 0.500. The molecule has 0 heterocycles. The summed E-state index contributed by atoms with van der Waals surface area (Å²) >= 11 is 5.49. The molecule has 52 valence electrons. The van der Waals surface area contributed by atoms with Gasteiger partial charge in [0.25, 0.3) is 0 Å². The van der Waals surface area contributed by atoms with E-state index < -0.39 is 0 Å². The third-order valence-corrected chi connectivity index (χ3v) is 1.40. The van der Waals surface area contributed by atoms with E-state index in [4.69, 9.17) is 11.6 Å². The van der Waals surface area contributed by atoms with Gasteiger partial charge in [-0.3, -0.25) is 0 Å². The summed E-state index contributed by atoms with van der Waals surface area (Å²) in [4.78, 5) is 0. The van der Waals surface area contributed by atoms with E-state index in [1.54, 1.807) is 5.54 Å². The van der Waals surface area contributed by atoms with Crippen LogP contribution in [-0.2, 0) is 0 Å². The largest absolute Gasteiger partial charge is 0.0927 e. The maximum Gasteiger partial charge on any atom is 0.00743 e.